The van der Waals surface area contributed by atoms with Gasteiger partial charge in [0.25, 0.3) is 0 Å². The molecule has 2 rings (SSSR count). The molecule has 0 saturated heterocycles. The molecule has 1 unspecified atom stereocenters. The van der Waals surface area contributed by atoms with Crippen LogP contribution in [0.5, 0.6) is 0 Å². The minimum Gasteiger partial charge on any atom is -0.310 e. The molecule has 0 aliphatic carbocycles. The van der Waals surface area contributed by atoms with Gasteiger partial charge in [0.15, 0.2) is 0 Å². The Bertz CT molecular complexity index is 634. The molecule has 0 spiro atoms. The highest BCUT2D eigenvalue weighted by molar-refractivity contribution is 14.1. The maximum absolute atomic E-state index is 13.9. The van der Waals surface area contributed by atoms with Crippen LogP contribution in [0.1, 0.15) is 24.1 Å². The van der Waals surface area contributed by atoms with Crippen LogP contribution < -0.4 is 5.32 Å². The molecule has 0 aromatic heterocycles. The Morgan fingerprint density at radius 3 is 2.67 bits per heavy atom. The monoisotopic (exact) mass is 465 g/mol. The molecule has 21 heavy (non-hydrogen) atoms. The second-order valence-electron chi connectivity index (χ2n) is 4.72. The van der Waals surface area contributed by atoms with E-state index in [4.69, 9.17) is 0 Å². The Kier molecular flexibility index (Phi) is 6.13. The summed E-state index contributed by atoms with van der Waals surface area (Å²) in [6, 6.07) is 9.54. The molecule has 0 fully saturated rings. The van der Waals surface area contributed by atoms with Gasteiger partial charge in [0.2, 0.25) is 0 Å². The molecule has 0 aliphatic heterocycles. The number of benzene rings is 2. The molecule has 1 nitrogen and oxygen atoms in total. The van der Waals surface area contributed by atoms with Crippen LogP contribution in [0.15, 0.2) is 40.9 Å². The van der Waals surface area contributed by atoms with E-state index in [0.717, 1.165) is 26.2 Å². The van der Waals surface area contributed by atoms with Crippen molar-refractivity contribution < 1.29 is 8.78 Å². The first-order chi connectivity index (χ1) is 10.0. The molecule has 0 saturated carbocycles. The van der Waals surface area contributed by atoms with Crippen LogP contribution in [0.3, 0.4) is 0 Å². The fourth-order valence-electron chi connectivity index (χ4n) is 2.24. The van der Waals surface area contributed by atoms with Gasteiger partial charge in [0.1, 0.15) is 11.6 Å². The number of hydrogen-bond donors (Lipinski definition) is 1. The lowest BCUT2D eigenvalue weighted by Gasteiger charge is -2.20. The molecule has 0 amide bonds. The highest BCUT2D eigenvalue weighted by Crippen LogP contribution is 2.28. The van der Waals surface area contributed by atoms with Crippen LogP contribution in [0.2, 0.25) is 0 Å². The Morgan fingerprint density at radius 2 is 1.95 bits per heavy atom. The first-order valence-electron chi connectivity index (χ1n) is 6.63. The lowest BCUT2D eigenvalue weighted by atomic mass is 9.98. The van der Waals surface area contributed by atoms with Crippen molar-refractivity contribution in [2.45, 2.75) is 19.4 Å². The third-order valence-corrected chi connectivity index (χ3v) is 4.61. The van der Waals surface area contributed by atoms with Gasteiger partial charge in [0.05, 0.1) is 0 Å². The number of hydrogen-bond acceptors (Lipinski definition) is 1. The molecule has 112 valence electrons. The molecule has 5 heteroatoms. The molecular formula is C16H15BrF2IN. The van der Waals surface area contributed by atoms with E-state index >= 15 is 0 Å². The first-order valence-corrected chi connectivity index (χ1v) is 8.50. The minimum atomic E-state index is -0.414. The van der Waals surface area contributed by atoms with E-state index in [1.54, 1.807) is 0 Å². The standard InChI is InChI=1S/C16H15BrF2IN/c1-2-21-16(13-9-12(20)4-5-14(13)17)8-10-7-11(18)3-6-15(10)19/h3-7,9,16,21H,2,8H2,1H3. The minimum absolute atomic E-state index is 0.0737. The predicted octanol–water partition coefficient (Wildman–Crippen LogP) is 5.23. The number of halogens is 4. The molecule has 0 aliphatic rings. The highest BCUT2D eigenvalue weighted by atomic mass is 127. The largest absolute Gasteiger partial charge is 0.310 e. The third kappa shape index (κ3) is 4.47. The van der Waals surface area contributed by atoms with Crippen molar-refractivity contribution in [2.24, 2.45) is 0 Å². The van der Waals surface area contributed by atoms with Crippen molar-refractivity contribution in [2.75, 3.05) is 6.54 Å². The summed E-state index contributed by atoms with van der Waals surface area (Å²) in [7, 11) is 0. The second-order valence-corrected chi connectivity index (χ2v) is 6.82. The molecule has 0 heterocycles. The summed E-state index contributed by atoms with van der Waals surface area (Å²) in [4.78, 5) is 0. The maximum atomic E-state index is 13.9. The summed E-state index contributed by atoms with van der Waals surface area (Å²) in [6.45, 7) is 2.75. The SMILES string of the molecule is CCNC(Cc1cc(F)ccc1F)c1cc(I)ccc1Br. The van der Waals surface area contributed by atoms with Crippen molar-refractivity contribution in [3.63, 3.8) is 0 Å². The van der Waals surface area contributed by atoms with Gasteiger partial charge in [-0.2, -0.15) is 0 Å². The maximum Gasteiger partial charge on any atom is 0.126 e. The van der Waals surface area contributed by atoms with E-state index in [2.05, 4.69) is 49.9 Å². The van der Waals surface area contributed by atoms with Crippen LogP contribution in [0, 0.1) is 15.2 Å². The molecule has 2 aromatic carbocycles. The van der Waals surface area contributed by atoms with E-state index in [1.807, 2.05) is 19.1 Å². The van der Waals surface area contributed by atoms with E-state index < -0.39 is 5.82 Å². The highest BCUT2D eigenvalue weighted by Gasteiger charge is 2.17. The van der Waals surface area contributed by atoms with Gasteiger partial charge in [-0.05, 0) is 83.1 Å². The fourth-order valence-corrected chi connectivity index (χ4v) is 3.28. The van der Waals surface area contributed by atoms with Crippen LogP contribution in [0.25, 0.3) is 0 Å². The van der Waals surface area contributed by atoms with Gasteiger partial charge >= 0.3 is 0 Å². The molecule has 2 aromatic rings. The molecule has 0 radical (unpaired) electrons. The lowest BCUT2D eigenvalue weighted by molar-refractivity contribution is 0.520. The normalized spacial score (nSPS) is 12.4. The van der Waals surface area contributed by atoms with Gasteiger partial charge in [-0.15, -0.1) is 0 Å². The average Bonchev–Trinajstić information content (AvgIpc) is 2.45. The van der Waals surface area contributed by atoms with Crippen LogP contribution in [-0.4, -0.2) is 6.54 Å². The van der Waals surface area contributed by atoms with Gasteiger partial charge in [0, 0.05) is 14.1 Å². The summed E-state index contributed by atoms with van der Waals surface area (Å²) < 4.78 is 29.3. The van der Waals surface area contributed by atoms with Crippen LogP contribution >= 0.6 is 38.5 Å². The van der Waals surface area contributed by atoms with Crippen LogP contribution in [-0.2, 0) is 6.42 Å². The first kappa shape index (κ1) is 16.8. The van der Waals surface area contributed by atoms with Crippen LogP contribution in [0.4, 0.5) is 8.78 Å². The summed E-state index contributed by atoms with van der Waals surface area (Å²) in [5.41, 5.74) is 1.43. The van der Waals surface area contributed by atoms with E-state index in [0.29, 0.717) is 12.0 Å². The Hall–Kier alpha value is -0.530. The number of rotatable bonds is 5. The topological polar surface area (TPSA) is 12.0 Å². The van der Waals surface area contributed by atoms with Gasteiger partial charge < -0.3 is 5.32 Å². The quantitative estimate of drug-likeness (QED) is 0.596. The second kappa shape index (κ2) is 7.65. The average molecular weight is 466 g/mol. The zero-order valence-electron chi connectivity index (χ0n) is 11.5. The Morgan fingerprint density at radius 1 is 1.19 bits per heavy atom. The summed E-state index contributed by atoms with van der Waals surface area (Å²) in [5, 5.41) is 3.34. The van der Waals surface area contributed by atoms with Crippen molar-refractivity contribution in [3.05, 3.63) is 67.2 Å². The number of likely N-dealkylation sites (N-methyl/N-ethyl adjacent to an activating group) is 1. The zero-order chi connectivity index (χ0) is 15.4. The molecular weight excluding hydrogens is 451 g/mol. The van der Waals surface area contributed by atoms with Crippen molar-refractivity contribution >= 4 is 38.5 Å². The predicted molar refractivity (Wildman–Crippen MR) is 93.3 cm³/mol. The summed E-state index contributed by atoms with van der Waals surface area (Å²) >= 11 is 5.78. The van der Waals surface area contributed by atoms with E-state index in [9.17, 15) is 8.78 Å². The van der Waals surface area contributed by atoms with E-state index in [-0.39, 0.29) is 11.9 Å². The van der Waals surface area contributed by atoms with Crippen molar-refractivity contribution in [1.29, 1.82) is 0 Å². The van der Waals surface area contributed by atoms with Gasteiger partial charge in [-0.3, -0.25) is 0 Å². The molecule has 1 atom stereocenters. The molecule has 0 bridgehead atoms. The smallest absolute Gasteiger partial charge is 0.126 e. The van der Waals surface area contributed by atoms with Crippen molar-refractivity contribution in [1.82, 2.24) is 5.32 Å². The zero-order valence-corrected chi connectivity index (χ0v) is 15.2. The number of nitrogens with one attached hydrogen (secondary N) is 1. The fraction of sp³-hybridized carbons (Fsp3) is 0.250. The van der Waals surface area contributed by atoms with E-state index in [1.165, 1.54) is 12.1 Å². The third-order valence-electron chi connectivity index (χ3n) is 3.22. The lowest BCUT2D eigenvalue weighted by Crippen LogP contribution is -2.24. The van der Waals surface area contributed by atoms with Gasteiger partial charge in [-0.25, -0.2) is 8.78 Å². The summed E-state index contributed by atoms with van der Waals surface area (Å²) in [5.74, 6) is -0.788. The molecule has 1 N–H and O–H groups in total. The summed E-state index contributed by atoms with van der Waals surface area (Å²) in [6.07, 6.45) is 0.399. The Labute approximate surface area is 145 Å². The van der Waals surface area contributed by atoms with Crippen molar-refractivity contribution in [3.8, 4) is 0 Å². The Balaban J connectivity index is 2.35. The van der Waals surface area contributed by atoms with Gasteiger partial charge in [-0.1, -0.05) is 22.9 Å².